The van der Waals surface area contributed by atoms with Crippen molar-refractivity contribution in [1.82, 2.24) is 9.55 Å². The monoisotopic (exact) mass is 456 g/mol. The van der Waals surface area contributed by atoms with Gasteiger partial charge in [-0.1, -0.05) is 43.5 Å². The van der Waals surface area contributed by atoms with Crippen LogP contribution in [0.5, 0.6) is 11.5 Å². The lowest BCUT2D eigenvalue weighted by atomic mass is 9.81. The first kappa shape index (κ1) is 22.5. The summed E-state index contributed by atoms with van der Waals surface area (Å²) in [6, 6.07) is 20.7. The molecule has 1 saturated carbocycles. The maximum atomic E-state index is 6.10. The van der Waals surface area contributed by atoms with Gasteiger partial charge in [0.2, 0.25) is 0 Å². The number of ether oxygens (including phenoxy) is 3. The second-order valence-electron chi connectivity index (χ2n) is 8.99. The molecule has 34 heavy (non-hydrogen) atoms. The molecule has 0 amide bonds. The molecule has 1 fully saturated rings. The lowest BCUT2D eigenvalue weighted by Crippen LogP contribution is -2.08. The molecule has 0 aliphatic heterocycles. The highest BCUT2D eigenvalue weighted by Crippen LogP contribution is 2.46. The van der Waals surface area contributed by atoms with Gasteiger partial charge in [0.15, 0.2) is 6.79 Å². The van der Waals surface area contributed by atoms with Gasteiger partial charge in [0.05, 0.1) is 11.4 Å². The lowest BCUT2D eigenvalue weighted by Gasteiger charge is -2.24. The second kappa shape index (κ2) is 10.3. The number of pyridine rings is 1. The summed E-state index contributed by atoms with van der Waals surface area (Å²) in [6.07, 6.45) is 8.17. The van der Waals surface area contributed by atoms with Gasteiger partial charge >= 0.3 is 0 Å². The summed E-state index contributed by atoms with van der Waals surface area (Å²) in [5.41, 5.74) is 5.89. The maximum Gasteiger partial charge on any atom is 0.188 e. The molecule has 0 bridgehead atoms. The van der Waals surface area contributed by atoms with E-state index in [1.165, 1.54) is 54.3 Å². The van der Waals surface area contributed by atoms with E-state index >= 15 is 0 Å². The van der Waals surface area contributed by atoms with Gasteiger partial charge in [0, 0.05) is 42.9 Å². The van der Waals surface area contributed by atoms with Crippen LogP contribution in [-0.2, 0) is 18.4 Å². The average Bonchev–Trinajstić information content (AvgIpc) is 3.19. The standard InChI is InChI=1S/C29H32N2O3/c1-31-26-14-7-6-13-24(26)28(21-10-4-3-5-11-21)29(31)25-16-15-23(18-27(25)34-20-32-2)33-19-22-12-8-9-17-30-22/h6-9,12-18,21H,3-5,10-11,19-20H2,1-2H3. The van der Waals surface area contributed by atoms with E-state index in [2.05, 4.69) is 46.9 Å². The molecule has 4 aromatic rings. The summed E-state index contributed by atoms with van der Waals surface area (Å²) in [5.74, 6) is 2.08. The molecule has 0 N–H and O–H groups in total. The molecule has 0 unspecified atom stereocenters. The Bertz CT molecular complexity index is 1240. The van der Waals surface area contributed by atoms with Crippen LogP contribution in [0.15, 0.2) is 66.9 Å². The van der Waals surface area contributed by atoms with Gasteiger partial charge in [-0.25, -0.2) is 0 Å². The van der Waals surface area contributed by atoms with Crippen molar-refractivity contribution in [3.05, 3.63) is 78.1 Å². The van der Waals surface area contributed by atoms with Gasteiger partial charge in [-0.3, -0.25) is 4.98 Å². The molecule has 1 aliphatic carbocycles. The van der Waals surface area contributed by atoms with Gasteiger partial charge in [-0.2, -0.15) is 0 Å². The minimum Gasteiger partial charge on any atom is -0.487 e. The van der Waals surface area contributed by atoms with Gasteiger partial charge in [0.1, 0.15) is 18.1 Å². The fourth-order valence-corrected chi connectivity index (χ4v) is 5.22. The zero-order valence-corrected chi connectivity index (χ0v) is 20.0. The summed E-state index contributed by atoms with van der Waals surface area (Å²) in [7, 11) is 3.81. The van der Waals surface area contributed by atoms with Crippen molar-refractivity contribution in [1.29, 1.82) is 0 Å². The van der Waals surface area contributed by atoms with Crippen molar-refractivity contribution in [3.8, 4) is 22.8 Å². The highest BCUT2D eigenvalue weighted by molar-refractivity contribution is 5.93. The Morgan fingerprint density at radius 1 is 0.941 bits per heavy atom. The Morgan fingerprint density at radius 2 is 1.76 bits per heavy atom. The Labute approximate surface area is 201 Å². The van der Waals surface area contributed by atoms with Crippen LogP contribution in [0.4, 0.5) is 0 Å². The molecular formula is C29H32N2O3. The quantitative estimate of drug-likeness (QED) is 0.272. The SMILES string of the molecule is COCOc1cc(OCc2ccccn2)ccc1-c1c(C2CCCCC2)c2ccccc2n1C. The third-order valence-electron chi connectivity index (χ3n) is 6.81. The third kappa shape index (κ3) is 4.53. The van der Waals surface area contributed by atoms with Crippen LogP contribution in [0.2, 0.25) is 0 Å². The highest BCUT2D eigenvalue weighted by atomic mass is 16.7. The van der Waals surface area contributed by atoms with Crippen LogP contribution in [0.3, 0.4) is 0 Å². The number of para-hydroxylation sites is 1. The lowest BCUT2D eigenvalue weighted by molar-refractivity contribution is 0.0513. The minimum absolute atomic E-state index is 0.180. The molecule has 0 atom stereocenters. The number of fused-ring (bicyclic) bond motifs is 1. The van der Waals surface area contributed by atoms with E-state index in [1.54, 1.807) is 13.3 Å². The van der Waals surface area contributed by atoms with Crippen LogP contribution >= 0.6 is 0 Å². The Kier molecular flexibility index (Phi) is 6.82. The summed E-state index contributed by atoms with van der Waals surface area (Å²) >= 11 is 0. The first-order chi connectivity index (χ1) is 16.8. The van der Waals surface area contributed by atoms with Crippen LogP contribution in [-0.4, -0.2) is 23.5 Å². The van der Waals surface area contributed by atoms with E-state index in [1.807, 2.05) is 30.3 Å². The van der Waals surface area contributed by atoms with Gasteiger partial charge in [-0.15, -0.1) is 0 Å². The van der Waals surface area contributed by atoms with E-state index in [0.717, 1.165) is 22.8 Å². The molecule has 5 heteroatoms. The van der Waals surface area contributed by atoms with E-state index in [9.17, 15) is 0 Å². The summed E-state index contributed by atoms with van der Waals surface area (Å²) in [4.78, 5) is 4.35. The fraction of sp³-hybridized carbons (Fsp3) is 0.345. The van der Waals surface area contributed by atoms with E-state index in [-0.39, 0.29) is 6.79 Å². The summed E-state index contributed by atoms with van der Waals surface area (Å²) in [6.45, 7) is 0.588. The summed E-state index contributed by atoms with van der Waals surface area (Å²) < 4.78 is 19.7. The van der Waals surface area contributed by atoms with Crippen molar-refractivity contribution in [3.63, 3.8) is 0 Å². The van der Waals surface area contributed by atoms with Crippen LogP contribution in [0, 0.1) is 0 Å². The number of hydrogen-bond donors (Lipinski definition) is 0. The smallest absolute Gasteiger partial charge is 0.188 e. The van der Waals surface area contributed by atoms with Crippen molar-refractivity contribution < 1.29 is 14.2 Å². The van der Waals surface area contributed by atoms with Gasteiger partial charge < -0.3 is 18.8 Å². The minimum atomic E-state index is 0.180. The van der Waals surface area contributed by atoms with Crippen molar-refractivity contribution in [2.24, 2.45) is 7.05 Å². The Morgan fingerprint density at radius 3 is 2.56 bits per heavy atom. The normalized spacial score (nSPS) is 14.4. The van der Waals surface area contributed by atoms with E-state index in [0.29, 0.717) is 12.5 Å². The molecular weight excluding hydrogens is 424 g/mol. The number of rotatable bonds is 8. The second-order valence-corrected chi connectivity index (χ2v) is 8.99. The van der Waals surface area contributed by atoms with Crippen LogP contribution < -0.4 is 9.47 Å². The van der Waals surface area contributed by atoms with Crippen molar-refractivity contribution >= 4 is 10.9 Å². The number of benzene rings is 2. The number of aryl methyl sites for hydroxylation is 1. The molecule has 2 aromatic carbocycles. The van der Waals surface area contributed by atoms with Crippen molar-refractivity contribution in [2.75, 3.05) is 13.9 Å². The molecule has 0 spiro atoms. The van der Waals surface area contributed by atoms with E-state index < -0.39 is 0 Å². The number of nitrogens with zero attached hydrogens (tertiary/aromatic N) is 2. The maximum absolute atomic E-state index is 6.10. The van der Waals surface area contributed by atoms with Crippen LogP contribution in [0.1, 0.15) is 49.3 Å². The van der Waals surface area contributed by atoms with Gasteiger partial charge in [0.25, 0.3) is 0 Å². The number of aromatic nitrogens is 2. The predicted molar refractivity (Wildman–Crippen MR) is 135 cm³/mol. The first-order valence-electron chi connectivity index (χ1n) is 12.1. The zero-order chi connectivity index (χ0) is 23.3. The highest BCUT2D eigenvalue weighted by Gasteiger charge is 2.27. The Hall–Kier alpha value is -3.31. The molecule has 2 heterocycles. The molecule has 5 rings (SSSR count). The third-order valence-corrected chi connectivity index (χ3v) is 6.81. The van der Waals surface area contributed by atoms with Crippen molar-refractivity contribution in [2.45, 2.75) is 44.6 Å². The molecule has 2 aromatic heterocycles. The molecule has 5 nitrogen and oxygen atoms in total. The van der Waals surface area contributed by atoms with E-state index in [4.69, 9.17) is 14.2 Å². The molecule has 0 saturated heterocycles. The molecule has 176 valence electrons. The molecule has 1 aliphatic rings. The van der Waals surface area contributed by atoms with Gasteiger partial charge in [-0.05, 0) is 54.7 Å². The molecule has 0 radical (unpaired) electrons. The number of hydrogen-bond acceptors (Lipinski definition) is 4. The Balaban J connectivity index is 1.58. The largest absolute Gasteiger partial charge is 0.487 e. The predicted octanol–water partition coefficient (Wildman–Crippen LogP) is 6.85. The topological polar surface area (TPSA) is 45.5 Å². The average molecular weight is 457 g/mol. The zero-order valence-electron chi connectivity index (χ0n) is 20.0. The van der Waals surface area contributed by atoms with Crippen LogP contribution in [0.25, 0.3) is 22.2 Å². The first-order valence-corrected chi connectivity index (χ1v) is 12.1. The number of methoxy groups -OCH3 is 1. The summed E-state index contributed by atoms with van der Waals surface area (Å²) in [5, 5.41) is 1.35. The fourth-order valence-electron chi connectivity index (χ4n) is 5.22.